The minimum Gasteiger partial charge on any atom is -0.228 e. The van der Waals surface area contributed by atoms with Gasteiger partial charge < -0.3 is 0 Å². The molecule has 4 aromatic rings. The van der Waals surface area contributed by atoms with Crippen molar-refractivity contribution in [1.29, 1.82) is 0 Å². The van der Waals surface area contributed by atoms with Gasteiger partial charge in [-0.2, -0.15) is 18.3 Å². The SMILES string of the molecule is Cc1nn(-c2ccc(Br)cc2)c2nc(-c3ccc(F)cc3)cc(C(F)(F)F)c12. The third-order valence-electron chi connectivity index (χ3n) is 4.33. The minimum atomic E-state index is -4.59. The highest BCUT2D eigenvalue weighted by Gasteiger charge is 2.35. The van der Waals surface area contributed by atoms with E-state index in [0.717, 1.165) is 10.5 Å². The second-order valence-corrected chi connectivity index (χ2v) is 7.15. The number of hydrogen-bond donors (Lipinski definition) is 0. The predicted molar refractivity (Wildman–Crippen MR) is 102 cm³/mol. The van der Waals surface area contributed by atoms with Crippen LogP contribution in [0.5, 0.6) is 0 Å². The first-order valence-corrected chi connectivity index (χ1v) is 9.03. The van der Waals surface area contributed by atoms with E-state index in [2.05, 4.69) is 26.0 Å². The highest BCUT2D eigenvalue weighted by atomic mass is 79.9. The van der Waals surface area contributed by atoms with Crippen LogP contribution in [0.1, 0.15) is 11.3 Å². The van der Waals surface area contributed by atoms with Gasteiger partial charge in [0.25, 0.3) is 0 Å². The van der Waals surface area contributed by atoms with Crippen molar-refractivity contribution in [3.8, 4) is 16.9 Å². The summed E-state index contributed by atoms with van der Waals surface area (Å²) < 4.78 is 56.8. The summed E-state index contributed by atoms with van der Waals surface area (Å²) in [5.41, 5.74) is 0.557. The predicted octanol–water partition coefficient (Wildman–Crippen LogP) is 6.32. The van der Waals surface area contributed by atoms with E-state index in [0.29, 0.717) is 11.3 Å². The molecule has 0 atom stereocenters. The fourth-order valence-corrected chi connectivity index (χ4v) is 3.31. The van der Waals surface area contributed by atoms with Crippen LogP contribution >= 0.6 is 15.9 Å². The van der Waals surface area contributed by atoms with Gasteiger partial charge in [0.05, 0.1) is 28.0 Å². The number of rotatable bonds is 2. The zero-order valence-corrected chi connectivity index (χ0v) is 16.0. The number of aromatic nitrogens is 3. The summed E-state index contributed by atoms with van der Waals surface area (Å²) >= 11 is 3.33. The van der Waals surface area contributed by atoms with E-state index >= 15 is 0 Å². The second kappa shape index (κ2) is 6.70. The Bertz CT molecular complexity index is 1160. The molecule has 0 radical (unpaired) electrons. The van der Waals surface area contributed by atoms with Gasteiger partial charge in [-0.05, 0) is 61.5 Å². The molecule has 0 fully saturated rings. The molecular formula is C20H12BrF4N3. The van der Waals surface area contributed by atoms with Crippen LogP contribution in [-0.2, 0) is 6.18 Å². The summed E-state index contributed by atoms with van der Waals surface area (Å²) in [4.78, 5) is 4.44. The third-order valence-corrected chi connectivity index (χ3v) is 4.86. The van der Waals surface area contributed by atoms with E-state index in [1.807, 2.05) is 0 Å². The Hall–Kier alpha value is -2.74. The van der Waals surface area contributed by atoms with Gasteiger partial charge in [-0.1, -0.05) is 15.9 Å². The summed E-state index contributed by atoms with van der Waals surface area (Å²) in [6.45, 7) is 1.52. The van der Waals surface area contributed by atoms with Crippen molar-refractivity contribution in [3.05, 3.63) is 76.1 Å². The number of hydrogen-bond acceptors (Lipinski definition) is 2. The smallest absolute Gasteiger partial charge is 0.228 e. The Morgan fingerprint density at radius 1 is 0.964 bits per heavy atom. The van der Waals surface area contributed by atoms with Crippen molar-refractivity contribution in [2.24, 2.45) is 0 Å². The Kier molecular flexibility index (Phi) is 4.45. The van der Waals surface area contributed by atoms with E-state index in [9.17, 15) is 17.6 Å². The lowest BCUT2D eigenvalue weighted by atomic mass is 10.1. The lowest BCUT2D eigenvalue weighted by Gasteiger charge is -2.12. The van der Waals surface area contributed by atoms with E-state index in [1.165, 1.54) is 35.9 Å². The average molecular weight is 450 g/mol. The quantitative estimate of drug-likeness (QED) is 0.335. The van der Waals surface area contributed by atoms with E-state index in [4.69, 9.17) is 0 Å². The maximum atomic E-state index is 13.8. The van der Waals surface area contributed by atoms with E-state index in [-0.39, 0.29) is 22.4 Å². The summed E-state index contributed by atoms with van der Waals surface area (Å²) in [6, 6.07) is 13.2. The van der Waals surface area contributed by atoms with Gasteiger partial charge in [0.1, 0.15) is 5.82 Å². The second-order valence-electron chi connectivity index (χ2n) is 6.23. The molecule has 2 aromatic carbocycles. The first kappa shape index (κ1) is 18.6. The zero-order chi connectivity index (χ0) is 20.1. The van der Waals surface area contributed by atoms with Crippen molar-refractivity contribution in [1.82, 2.24) is 14.8 Å². The van der Waals surface area contributed by atoms with Gasteiger partial charge in [-0.25, -0.2) is 14.1 Å². The molecule has 0 saturated heterocycles. The Morgan fingerprint density at radius 2 is 1.61 bits per heavy atom. The molecule has 142 valence electrons. The summed E-state index contributed by atoms with van der Waals surface area (Å²) in [5, 5.41) is 4.24. The molecule has 3 nitrogen and oxygen atoms in total. The van der Waals surface area contributed by atoms with Crippen LogP contribution in [0.2, 0.25) is 0 Å². The van der Waals surface area contributed by atoms with Gasteiger partial charge in [-0.3, -0.25) is 0 Å². The van der Waals surface area contributed by atoms with Crippen LogP contribution in [0, 0.1) is 12.7 Å². The zero-order valence-electron chi connectivity index (χ0n) is 14.4. The Morgan fingerprint density at radius 3 is 2.21 bits per heavy atom. The molecule has 0 amide bonds. The molecule has 0 bridgehead atoms. The third kappa shape index (κ3) is 3.28. The first-order chi connectivity index (χ1) is 13.2. The standard InChI is InChI=1S/C20H12BrF4N3/c1-11-18-16(20(23,24)25)10-17(12-2-6-14(22)7-3-12)26-19(18)28(27-11)15-8-4-13(21)5-9-15/h2-10H,1H3. The van der Waals surface area contributed by atoms with Gasteiger partial charge in [0.15, 0.2) is 5.65 Å². The van der Waals surface area contributed by atoms with Gasteiger partial charge in [0.2, 0.25) is 0 Å². The molecule has 0 unspecified atom stereocenters. The summed E-state index contributed by atoms with van der Waals surface area (Å²) in [5.74, 6) is -0.475. The molecule has 0 aliphatic rings. The maximum Gasteiger partial charge on any atom is 0.417 e. The lowest BCUT2D eigenvalue weighted by Crippen LogP contribution is -2.08. The molecule has 0 aliphatic heterocycles. The van der Waals surface area contributed by atoms with Crippen LogP contribution < -0.4 is 0 Å². The fourth-order valence-electron chi connectivity index (χ4n) is 3.04. The molecule has 0 aliphatic carbocycles. The van der Waals surface area contributed by atoms with Crippen molar-refractivity contribution >= 4 is 27.0 Å². The van der Waals surface area contributed by atoms with Crippen molar-refractivity contribution in [2.75, 3.05) is 0 Å². The number of benzene rings is 2. The summed E-state index contributed by atoms with van der Waals surface area (Å²) in [6.07, 6.45) is -4.59. The highest BCUT2D eigenvalue weighted by molar-refractivity contribution is 9.10. The number of alkyl halides is 3. The van der Waals surface area contributed by atoms with Crippen LogP contribution in [0.15, 0.2) is 59.1 Å². The van der Waals surface area contributed by atoms with E-state index < -0.39 is 17.6 Å². The van der Waals surface area contributed by atoms with Gasteiger partial charge in [0, 0.05) is 10.0 Å². The normalized spacial score (nSPS) is 11.9. The van der Waals surface area contributed by atoms with Crippen LogP contribution in [0.25, 0.3) is 28.0 Å². The van der Waals surface area contributed by atoms with E-state index in [1.54, 1.807) is 24.3 Å². The number of nitrogens with zero attached hydrogens (tertiary/aromatic N) is 3. The molecule has 8 heteroatoms. The minimum absolute atomic E-state index is 0.0544. The molecule has 2 heterocycles. The molecular weight excluding hydrogens is 438 g/mol. The highest BCUT2D eigenvalue weighted by Crippen LogP contribution is 2.38. The first-order valence-electron chi connectivity index (χ1n) is 8.23. The van der Waals surface area contributed by atoms with Gasteiger partial charge in [-0.15, -0.1) is 0 Å². The molecule has 28 heavy (non-hydrogen) atoms. The largest absolute Gasteiger partial charge is 0.417 e. The number of aryl methyl sites for hydroxylation is 1. The monoisotopic (exact) mass is 449 g/mol. The molecule has 0 saturated carbocycles. The molecule has 4 rings (SSSR count). The van der Waals surface area contributed by atoms with Crippen molar-refractivity contribution in [2.45, 2.75) is 13.1 Å². The molecule has 0 N–H and O–H groups in total. The number of halogens is 5. The average Bonchev–Trinajstić information content (AvgIpc) is 2.98. The number of fused-ring (bicyclic) bond motifs is 1. The maximum absolute atomic E-state index is 13.8. The van der Waals surface area contributed by atoms with Crippen LogP contribution in [0.3, 0.4) is 0 Å². The van der Waals surface area contributed by atoms with Crippen LogP contribution in [0.4, 0.5) is 17.6 Å². The van der Waals surface area contributed by atoms with Crippen LogP contribution in [-0.4, -0.2) is 14.8 Å². The summed E-state index contributed by atoms with van der Waals surface area (Å²) in [7, 11) is 0. The lowest BCUT2D eigenvalue weighted by molar-refractivity contribution is -0.136. The van der Waals surface area contributed by atoms with Crippen molar-refractivity contribution in [3.63, 3.8) is 0 Å². The Balaban J connectivity index is 2.04. The fraction of sp³-hybridized carbons (Fsp3) is 0.100. The van der Waals surface area contributed by atoms with Gasteiger partial charge >= 0.3 is 6.18 Å². The molecule has 2 aromatic heterocycles. The topological polar surface area (TPSA) is 30.7 Å². The number of pyridine rings is 1. The molecule has 0 spiro atoms. The van der Waals surface area contributed by atoms with Crippen molar-refractivity contribution < 1.29 is 17.6 Å². The Labute approximate surface area is 165 Å².